The van der Waals surface area contributed by atoms with E-state index in [2.05, 4.69) is 38.5 Å². The number of primary amides is 1. The number of aliphatic hydroxyl groups is 1. The minimum absolute atomic E-state index is 0.0168. The quantitative estimate of drug-likeness (QED) is 0.0183. The first-order chi connectivity index (χ1) is 41.1. The molecule has 22 nitrogen and oxygen atoms in total. The number of carbonyl (C=O) groups is 9. The van der Waals surface area contributed by atoms with Gasteiger partial charge >= 0.3 is 12.1 Å². The highest BCUT2D eigenvalue weighted by molar-refractivity contribution is 5.98. The first-order valence-electron chi connectivity index (χ1n) is 31.1. The fourth-order valence-corrected chi connectivity index (χ4v) is 10.7. The summed E-state index contributed by atoms with van der Waals surface area (Å²) in [7, 11) is 4.59. The normalized spacial score (nSPS) is 15.2. The molecule has 0 bridgehead atoms. The lowest BCUT2D eigenvalue weighted by atomic mass is 9.82. The maximum Gasteiger partial charge on any atom is 0.410 e. The van der Waals surface area contributed by atoms with E-state index in [1.54, 1.807) is 113 Å². The molecular formula is C65H106N10O12. The van der Waals surface area contributed by atoms with Gasteiger partial charge in [0.05, 0.1) is 18.1 Å². The van der Waals surface area contributed by atoms with Crippen LogP contribution < -0.4 is 37.6 Å². The summed E-state index contributed by atoms with van der Waals surface area (Å²) < 4.78 is 11.6. The van der Waals surface area contributed by atoms with Gasteiger partial charge in [-0.3, -0.25) is 38.5 Å². The van der Waals surface area contributed by atoms with E-state index >= 15 is 0 Å². The van der Waals surface area contributed by atoms with Gasteiger partial charge in [-0.15, -0.1) is 6.58 Å². The van der Waals surface area contributed by atoms with Gasteiger partial charge in [0.2, 0.25) is 41.4 Å². The highest BCUT2D eigenvalue weighted by atomic mass is 16.6. The Bertz CT molecular complexity index is 2500. The van der Waals surface area contributed by atoms with Crippen LogP contribution in [0.1, 0.15) is 165 Å². The minimum Gasteiger partial charge on any atom is -0.445 e. The smallest absolute Gasteiger partial charge is 0.410 e. The molecule has 0 radical (unpaired) electrons. The number of carbonyl (C=O) groups excluding carboxylic acids is 9. The average Bonchev–Trinajstić information content (AvgIpc) is 3.68. The third-order valence-electron chi connectivity index (χ3n) is 16.0. The van der Waals surface area contributed by atoms with Crippen LogP contribution in [0, 0.1) is 35.5 Å². The van der Waals surface area contributed by atoms with Crippen molar-refractivity contribution in [2.24, 2.45) is 41.2 Å². The zero-order valence-electron chi connectivity index (χ0n) is 54.6. The number of urea groups is 1. The Balaban J connectivity index is 2.26. The van der Waals surface area contributed by atoms with E-state index in [-0.39, 0.29) is 74.4 Å². The number of methoxy groups -OCH3 is 1. The topological polar surface area (TPSA) is 300 Å². The van der Waals surface area contributed by atoms with Gasteiger partial charge in [0.25, 0.3) is 0 Å². The molecule has 0 aliphatic heterocycles. The summed E-state index contributed by atoms with van der Waals surface area (Å²) in [6.45, 7) is 26.2. The summed E-state index contributed by atoms with van der Waals surface area (Å²) in [5.74, 6) is -5.33. The van der Waals surface area contributed by atoms with Crippen LogP contribution in [-0.2, 0) is 49.6 Å². The zero-order valence-corrected chi connectivity index (χ0v) is 54.6. The Morgan fingerprint density at radius 1 is 0.713 bits per heavy atom. The van der Waals surface area contributed by atoms with Crippen LogP contribution in [0.3, 0.4) is 0 Å². The molecule has 0 spiro atoms. The van der Waals surface area contributed by atoms with E-state index in [1.807, 2.05) is 47.6 Å². The Labute approximate surface area is 518 Å². The monoisotopic (exact) mass is 1220 g/mol. The summed E-state index contributed by atoms with van der Waals surface area (Å²) in [5.41, 5.74) is 6.80. The van der Waals surface area contributed by atoms with Crippen LogP contribution in [0.5, 0.6) is 0 Å². The summed E-state index contributed by atoms with van der Waals surface area (Å²) in [6.07, 6.45) is 3.78. The van der Waals surface area contributed by atoms with Crippen molar-refractivity contribution in [3.8, 4) is 0 Å². The summed E-state index contributed by atoms with van der Waals surface area (Å²) in [5, 5.41) is 27.7. The van der Waals surface area contributed by atoms with Crippen LogP contribution in [0.2, 0.25) is 0 Å². The number of amides is 10. The fourth-order valence-electron chi connectivity index (χ4n) is 10.7. The first-order valence-corrected chi connectivity index (χ1v) is 31.1. The molecule has 9 N–H and O–H groups in total. The molecule has 22 heteroatoms. The molecule has 0 fully saturated rings. The first kappa shape index (κ1) is 76.0. The summed E-state index contributed by atoms with van der Waals surface area (Å²) in [4.78, 5) is 127. The molecule has 488 valence electrons. The standard InChI is InChI=1S/C65H106N10O12/c1-17-21-24-31-51(76)71-53(40(5)6)60(81)70-50(30-27-36-67-64(66)84)59(80)69-49-34-32-46(33-35-49)39-87-65(85)74(15)55(42(9)10)61(82)72-54(41(7)8)62(83)73(14)56(43(11)19-3)47(20-4)38-52(77)75(37-22-18-2)63(86-16)44(12)58(79)68-45(13)57(78)48-28-25-23-26-29-48/h18,23,25-26,28-29,32-35,40-45,47,50,53-57,63,78H,2,17,19-22,24,27,30-31,36-39H2,1,3-16H3,(H,68,79)(H,69,80)(H,70,81)(H,71,76)(H,72,82)(H3,66,67,84)/t43-,44-,45+,47+,50-,53-,54?,55-,56?,57+,63+/m0/s1. The highest BCUT2D eigenvalue weighted by Gasteiger charge is 2.41. The van der Waals surface area contributed by atoms with Crippen molar-refractivity contribution in [3.63, 3.8) is 0 Å². The molecule has 2 aromatic carbocycles. The third kappa shape index (κ3) is 24.6. The van der Waals surface area contributed by atoms with Gasteiger partial charge in [0, 0.05) is 58.9 Å². The summed E-state index contributed by atoms with van der Waals surface area (Å²) >= 11 is 0. The van der Waals surface area contributed by atoms with Gasteiger partial charge in [0.15, 0.2) is 0 Å². The molecule has 0 aliphatic carbocycles. The van der Waals surface area contributed by atoms with Crippen LogP contribution in [0.4, 0.5) is 15.3 Å². The van der Waals surface area contributed by atoms with Crippen molar-refractivity contribution in [3.05, 3.63) is 78.4 Å². The lowest BCUT2D eigenvalue weighted by Crippen LogP contribution is -2.59. The van der Waals surface area contributed by atoms with Crippen LogP contribution in [-0.4, -0.2) is 150 Å². The zero-order chi connectivity index (χ0) is 65.7. The second-order valence-electron chi connectivity index (χ2n) is 23.9. The maximum atomic E-state index is 14.9. The van der Waals surface area contributed by atoms with E-state index in [0.717, 1.165) is 12.8 Å². The Morgan fingerprint density at radius 2 is 1.34 bits per heavy atom. The Hall–Kier alpha value is -7.07. The van der Waals surface area contributed by atoms with Gasteiger partial charge in [0.1, 0.15) is 37.0 Å². The van der Waals surface area contributed by atoms with Gasteiger partial charge in [-0.1, -0.05) is 143 Å². The van der Waals surface area contributed by atoms with Crippen LogP contribution >= 0.6 is 0 Å². The average molecular weight is 1220 g/mol. The molecule has 2 unspecified atom stereocenters. The van der Waals surface area contributed by atoms with Crippen molar-refractivity contribution in [2.75, 3.05) is 39.6 Å². The third-order valence-corrected chi connectivity index (χ3v) is 16.0. The number of ether oxygens (including phenoxy) is 2. The van der Waals surface area contributed by atoms with Crippen molar-refractivity contribution in [2.45, 2.75) is 202 Å². The molecule has 2 rings (SSSR count). The number of benzene rings is 2. The predicted molar refractivity (Wildman–Crippen MR) is 338 cm³/mol. The van der Waals surface area contributed by atoms with Gasteiger partial charge in [-0.25, -0.2) is 9.59 Å². The number of rotatable bonds is 39. The largest absolute Gasteiger partial charge is 0.445 e. The maximum absolute atomic E-state index is 14.9. The number of aliphatic hydroxyl groups excluding tert-OH is 1. The summed E-state index contributed by atoms with van der Waals surface area (Å²) in [6, 6.07) is 9.64. The predicted octanol–water partition coefficient (Wildman–Crippen LogP) is 7.55. The Kier molecular flexibility index (Phi) is 34.0. The SMILES string of the molecule is C=CCCN(C(=O)C[C@@H](CC)C([C@@H](C)CC)N(C)C(=O)C(NC(=O)[C@H](C(C)C)N(C)C(=O)OCc1ccc(NC(=O)[C@H](CCCNC(N)=O)NC(=O)[C@@H](NC(=O)CCCCC)C(C)C)cc1)C(C)C)[C@H](OC)[C@@H](C)C(=O)N[C@H](C)[C@@H](O)c1ccccc1. The molecule has 2 aromatic rings. The van der Waals surface area contributed by atoms with Gasteiger partial charge in [-0.05, 0) is 92.4 Å². The lowest BCUT2D eigenvalue weighted by molar-refractivity contribution is -0.156. The van der Waals surface area contributed by atoms with Gasteiger partial charge < -0.3 is 62.0 Å². The second kappa shape index (κ2) is 39.0. The van der Waals surface area contributed by atoms with E-state index in [0.29, 0.717) is 48.9 Å². The number of nitrogens with two attached hydrogens (primary N) is 1. The van der Waals surface area contributed by atoms with Crippen molar-refractivity contribution in [1.82, 2.24) is 41.3 Å². The van der Waals surface area contributed by atoms with E-state index in [9.17, 15) is 48.3 Å². The van der Waals surface area contributed by atoms with E-state index < -0.39 is 102 Å². The number of likely N-dealkylation sites (N-methyl/N-ethyl adjacent to an activating group) is 2. The minimum atomic E-state index is -1.06. The number of hydrogen-bond acceptors (Lipinski definition) is 12. The molecule has 0 aliphatic rings. The fraction of sp³-hybridized carbons (Fsp3) is 0.646. The number of nitrogens with one attached hydrogen (secondary N) is 6. The van der Waals surface area contributed by atoms with Crippen LogP contribution in [0.25, 0.3) is 0 Å². The highest BCUT2D eigenvalue weighted by Crippen LogP contribution is 2.30. The number of nitrogens with zero attached hydrogens (tertiary/aromatic N) is 3. The van der Waals surface area contributed by atoms with Crippen molar-refractivity contribution < 1.29 is 57.7 Å². The molecular weight excluding hydrogens is 1110 g/mol. The van der Waals surface area contributed by atoms with Gasteiger partial charge in [-0.2, -0.15) is 0 Å². The Morgan fingerprint density at radius 3 is 1.89 bits per heavy atom. The second-order valence-corrected chi connectivity index (χ2v) is 23.9. The molecule has 0 heterocycles. The molecule has 0 aromatic heterocycles. The molecule has 10 amide bonds. The molecule has 0 saturated heterocycles. The van der Waals surface area contributed by atoms with E-state index in [4.69, 9.17) is 15.2 Å². The number of hydrogen-bond donors (Lipinski definition) is 8. The molecule has 0 saturated carbocycles. The lowest BCUT2D eigenvalue weighted by Gasteiger charge is -2.42. The van der Waals surface area contributed by atoms with E-state index in [1.165, 1.54) is 19.1 Å². The number of unbranched alkanes of at least 4 members (excludes halogenated alkanes) is 2. The van der Waals surface area contributed by atoms with Crippen molar-refractivity contribution >= 4 is 59.2 Å². The number of anilines is 1. The van der Waals surface area contributed by atoms with Crippen molar-refractivity contribution in [1.29, 1.82) is 0 Å². The van der Waals surface area contributed by atoms with Crippen LogP contribution in [0.15, 0.2) is 67.3 Å². The molecule has 11 atom stereocenters. The molecule has 87 heavy (non-hydrogen) atoms.